The van der Waals surface area contributed by atoms with E-state index in [0.717, 1.165) is 14.1 Å². The molecule has 1 atom stereocenters. The molecule has 0 aromatic heterocycles. The Balaban J connectivity index is 2.27. The number of nitrogens with zero attached hydrogens (tertiary/aromatic N) is 1. The Labute approximate surface area is 160 Å². The van der Waals surface area contributed by atoms with Crippen LogP contribution in [-0.2, 0) is 14.8 Å². The molecule has 24 heavy (non-hydrogen) atoms. The molecule has 0 saturated carbocycles. The maximum absolute atomic E-state index is 12.5. The van der Waals surface area contributed by atoms with Gasteiger partial charge in [-0.1, -0.05) is 11.6 Å². The molecule has 1 N–H and O–H groups in total. The Hall–Kier alpha value is -1.32. The van der Waals surface area contributed by atoms with Gasteiger partial charge < -0.3 is 5.32 Å². The fraction of sp³-hybridized carbons (Fsp3) is 0.188. The minimum absolute atomic E-state index is 0.382. The summed E-state index contributed by atoms with van der Waals surface area (Å²) in [5, 5.41) is 3.22. The van der Waals surface area contributed by atoms with Gasteiger partial charge in [0.05, 0.1) is 11.9 Å². The zero-order chi connectivity index (χ0) is 17.9. The molecule has 0 bridgehead atoms. The van der Waals surface area contributed by atoms with Crippen LogP contribution >= 0.6 is 34.2 Å². The van der Waals surface area contributed by atoms with Crippen LogP contribution in [0, 0.1) is 3.57 Å². The van der Waals surface area contributed by atoms with Gasteiger partial charge in [-0.15, -0.1) is 0 Å². The smallest absolute Gasteiger partial charge is 0.247 e. The summed E-state index contributed by atoms with van der Waals surface area (Å²) in [6.07, 6.45) is 1.07. The average Bonchev–Trinajstić information content (AvgIpc) is 2.50. The predicted octanol–water partition coefficient (Wildman–Crippen LogP) is 3.74. The maximum Gasteiger partial charge on any atom is 0.247 e. The minimum atomic E-state index is -3.65. The third kappa shape index (κ3) is 4.84. The van der Waals surface area contributed by atoms with Crippen LogP contribution in [0.3, 0.4) is 0 Å². The largest absolute Gasteiger partial charge is 0.324 e. The molecule has 2 rings (SSSR count). The Morgan fingerprint density at radius 3 is 2.17 bits per heavy atom. The minimum Gasteiger partial charge on any atom is -0.324 e. The van der Waals surface area contributed by atoms with Crippen molar-refractivity contribution in [2.45, 2.75) is 13.0 Å². The van der Waals surface area contributed by atoms with Gasteiger partial charge in [-0.3, -0.25) is 9.10 Å². The second-order valence-corrected chi connectivity index (χ2v) is 8.75. The lowest BCUT2D eigenvalue weighted by Crippen LogP contribution is -2.45. The summed E-state index contributed by atoms with van der Waals surface area (Å²) in [6, 6.07) is 12.6. The summed E-state index contributed by atoms with van der Waals surface area (Å²) in [7, 11) is -3.65. The standard InChI is InChI=1S/C16H16ClIN2O3S/c1-11(16(21)19-14-7-5-13(18)6-8-14)20(24(2,22)23)15-9-3-12(17)4-10-15/h3-11H,1-2H3,(H,19,21)/t11-/m1/s1. The molecule has 1 amide bonds. The van der Waals surface area contributed by atoms with Crippen LogP contribution in [0.25, 0.3) is 0 Å². The fourth-order valence-corrected chi connectivity index (χ4v) is 3.84. The van der Waals surface area contributed by atoms with Crippen molar-refractivity contribution < 1.29 is 13.2 Å². The van der Waals surface area contributed by atoms with Crippen molar-refractivity contribution in [3.63, 3.8) is 0 Å². The summed E-state index contributed by atoms with van der Waals surface area (Å²) >= 11 is 8.01. The third-order valence-electron chi connectivity index (χ3n) is 3.28. The van der Waals surface area contributed by atoms with Crippen LogP contribution < -0.4 is 9.62 Å². The first kappa shape index (κ1) is 19.0. The zero-order valence-corrected chi connectivity index (χ0v) is 16.8. The van der Waals surface area contributed by atoms with Gasteiger partial charge in [0.15, 0.2) is 0 Å². The first-order chi connectivity index (χ1) is 11.2. The maximum atomic E-state index is 12.5. The summed E-state index contributed by atoms with van der Waals surface area (Å²) < 4.78 is 26.5. The number of benzene rings is 2. The number of carbonyl (C=O) groups is 1. The molecule has 0 aliphatic rings. The van der Waals surface area contributed by atoms with E-state index in [2.05, 4.69) is 27.9 Å². The van der Waals surface area contributed by atoms with Gasteiger partial charge in [-0.2, -0.15) is 0 Å². The Morgan fingerprint density at radius 2 is 1.67 bits per heavy atom. The van der Waals surface area contributed by atoms with Crippen molar-refractivity contribution in [3.8, 4) is 0 Å². The molecule has 0 radical (unpaired) electrons. The van der Waals surface area contributed by atoms with Crippen molar-refractivity contribution in [2.75, 3.05) is 15.9 Å². The Bertz CT molecular complexity index is 823. The van der Waals surface area contributed by atoms with E-state index < -0.39 is 22.0 Å². The number of sulfonamides is 1. The normalized spacial score (nSPS) is 12.5. The molecule has 0 heterocycles. The molecule has 8 heteroatoms. The monoisotopic (exact) mass is 478 g/mol. The van der Waals surface area contributed by atoms with Gasteiger partial charge in [0.1, 0.15) is 6.04 Å². The summed E-state index contributed by atoms with van der Waals surface area (Å²) in [6.45, 7) is 1.54. The van der Waals surface area contributed by atoms with Crippen molar-refractivity contribution in [2.24, 2.45) is 0 Å². The van der Waals surface area contributed by atoms with Gasteiger partial charge in [0, 0.05) is 14.3 Å². The Kier molecular flexibility index (Phi) is 6.11. The van der Waals surface area contributed by atoms with Crippen molar-refractivity contribution >= 4 is 61.5 Å². The lowest BCUT2D eigenvalue weighted by molar-refractivity contribution is -0.116. The molecule has 2 aromatic rings. The summed E-state index contributed by atoms with van der Waals surface area (Å²) in [5.74, 6) is -0.420. The summed E-state index contributed by atoms with van der Waals surface area (Å²) in [4.78, 5) is 12.5. The van der Waals surface area contributed by atoms with E-state index in [1.54, 1.807) is 36.4 Å². The molecule has 2 aromatic carbocycles. The Morgan fingerprint density at radius 1 is 1.12 bits per heavy atom. The molecule has 5 nitrogen and oxygen atoms in total. The highest BCUT2D eigenvalue weighted by molar-refractivity contribution is 14.1. The highest BCUT2D eigenvalue weighted by atomic mass is 127. The number of carbonyl (C=O) groups excluding carboxylic acids is 1. The quantitative estimate of drug-likeness (QED) is 0.666. The number of hydrogen-bond acceptors (Lipinski definition) is 3. The zero-order valence-electron chi connectivity index (χ0n) is 13.0. The van der Waals surface area contributed by atoms with E-state index in [-0.39, 0.29) is 0 Å². The van der Waals surface area contributed by atoms with E-state index >= 15 is 0 Å². The van der Waals surface area contributed by atoms with E-state index in [9.17, 15) is 13.2 Å². The highest BCUT2D eigenvalue weighted by Crippen LogP contribution is 2.23. The van der Waals surface area contributed by atoms with Crippen LogP contribution in [0.4, 0.5) is 11.4 Å². The van der Waals surface area contributed by atoms with E-state index in [1.165, 1.54) is 6.92 Å². The molecular weight excluding hydrogens is 463 g/mol. The van der Waals surface area contributed by atoms with Gasteiger partial charge in [0.25, 0.3) is 0 Å². The summed E-state index contributed by atoms with van der Waals surface area (Å²) in [5.41, 5.74) is 0.990. The van der Waals surface area contributed by atoms with E-state index in [4.69, 9.17) is 11.6 Å². The third-order valence-corrected chi connectivity index (χ3v) is 5.49. The lowest BCUT2D eigenvalue weighted by atomic mass is 10.2. The predicted molar refractivity (Wildman–Crippen MR) is 106 cm³/mol. The van der Waals surface area contributed by atoms with E-state index in [0.29, 0.717) is 16.4 Å². The van der Waals surface area contributed by atoms with Crippen LogP contribution in [0.15, 0.2) is 48.5 Å². The molecule has 0 aliphatic carbocycles. The number of halogens is 2. The van der Waals surface area contributed by atoms with Gasteiger partial charge >= 0.3 is 0 Å². The van der Waals surface area contributed by atoms with Crippen molar-refractivity contribution in [3.05, 3.63) is 57.1 Å². The van der Waals surface area contributed by atoms with Gasteiger partial charge in [-0.25, -0.2) is 8.42 Å². The first-order valence-electron chi connectivity index (χ1n) is 7.00. The molecule has 0 fully saturated rings. The van der Waals surface area contributed by atoms with Gasteiger partial charge in [-0.05, 0) is 78.0 Å². The number of hydrogen-bond donors (Lipinski definition) is 1. The second kappa shape index (κ2) is 7.71. The van der Waals surface area contributed by atoms with E-state index in [1.807, 2.05) is 12.1 Å². The topological polar surface area (TPSA) is 66.5 Å². The molecule has 0 unspecified atom stereocenters. The molecule has 0 spiro atoms. The van der Waals surface area contributed by atoms with Crippen LogP contribution in [0.1, 0.15) is 6.92 Å². The number of rotatable bonds is 5. The second-order valence-electron chi connectivity index (χ2n) is 5.21. The number of nitrogens with one attached hydrogen (secondary N) is 1. The fourth-order valence-electron chi connectivity index (χ4n) is 2.18. The molecule has 0 saturated heterocycles. The van der Waals surface area contributed by atoms with Gasteiger partial charge in [0.2, 0.25) is 15.9 Å². The lowest BCUT2D eigenvalue weighted by Gasteiger charge is -2.28. The number of anilines is 2. The average molecular weight is 479 g/mol. The molecule has 0 aliphatic heterocycles. The highest BCUT2D eigenvalue weighted by Gasteiger charge is 2.29. The first-order valence-corrected chi connectivity index (χ1v) is 10.3. The van der Waals surface area contributed by atoms with Crippen LogP contribution in [-0.4, -0.2) is 26.6 Å². The van der Waals surface area contributed by atoms with Crippen molar-refractivity contribution in [1.29, 1.82) is 0 Å². The van der Waals surface area contributed by atoms with Crippen LogP contribution in [0.2, 0.25) is 5.02 Å². The molecular formula is C16H16ClIN2O3S. The SMILES string of the molecule is C[C@H](C(=O)Nc1ccc(I)cc1)N(c1ccc(Cl)cc1)S(C)(=O)=O. The van der Waals surface area contributed by atoms with Crippen molar-refractivity contribution in [1.82, 2.24) is 0 Å². The van der Waals surface area contributed by atoms with Crippen LogP contribution in [0.5, 0.6) is 0 Å². The molecule has 128 valence electrons. The number of amides is 1.